The molecule has 0 spiro atoms. The Bertz CT molecular complexity index is 2970. The van der Waals surface area contributed by atoms with Crippen LogP contribution in [0.25, 0.3) is 11.3 Å². The van der Waals surface area contributed by atoms with Gasteiger partial charge in [-0.05, 0) is 109 Å². The highest BCUT2D eigenvalue weighted by Crippen LogP contribution is 2.42. The molecule has 2 unspecified atom stereocenters. The first-order chi connectivity index (χ1) is 38.8. The number of halogens is 8. The zero-order chi connectivity index (χ0) is 61.0. The number of ether oxygens (including phenoxy) is 3. The van der Waals surface area contributed by atoms with Crippen molar-refractivity contribution in [2.45, 2.75) is 134 Å². The average Bonchev–Trinajstić information content (AvgIpc) is 4.20. The third kappa shape index (κ3) is 15.4. The number of nitrogens with zero attached hydrogens (tertiary/aromatic N) is 6. The van der Waals surface area contributed by atoms with Crippen LogP contribution in [-0.4, -0.2) is 166 Å². The molecule has 0 aliphatic carbocycles. The Hall–Kier alpha value is -7.12. The number of nitrogens with one attached hydrogen (secondary N) is 4. The summed E-state index contributed by atoms with van der Waals surface area (Å²) in [5.41, 5.74) is -4.70. The Kier molecular flexibility index (Phi) is 19.4. The Morgan fingerprint density at radius 1 is 0.771 bits per heavy atom. The molecule has 3 aliphatic rings. The van der Waals surface area contributed by atoms with Gasteiger partial charge in [0, 0.05) is 72.9 Å². The summed E-state index contributed by atoms with van der Waals surface area (Å²) in [6, 6.07) is 7.68. The third-order valence-electron chi connectivity index (χ3n) is 15.2. The molecule has 5 heterocycles. The van der Waals surface area contributed by atoms with Gasteiger partial charge in [-0.25, -0.2) is 28.4 Å². The quantitative estimate of drug-likeness (QED) is 0.0340. The lowest BCUT2D eigenvalue weighted by Crippen LogP contribution is -2.63. The van der Waals surface area contributed by atoms with Crippen LogP contribution in [0.15, 0.2) is 67.0 Å². The van der Waals surface area contributed by atoms with Crippen molar-refractivity contribution in [1.82, 2.24) is 46.0 Å². The number of anilines is 1. The molecular formula is C56H68F8N10O9. The number of hydrogen-bond acceptors (Lipinski definition) is 14. The van der Waals surface area contributed by atoms with E-state index in [1.807, 2.05) is 22.8 Å². The molecule has 452 valence electrons. The van der Waals surface area contributed by atoms with E-state index in [0.717, 1.165) is 71.3 Å². The Morgan fingerprint density at radius 3 is 1.81 bits per heavy atom. The van der Waals surface area contributed by atoms with Crippen LogP contribution in [0.1, 0.15) is 76.6 Å². The van der Waals surface area contributed by atoms with Gasteiger partial charge in [-0.3, -0.25) is 24.6 Å². The standard InChI is InChI=1S/C56H68F8N10O9/c1-52(2,80)31-72-20-19-42(69-72)35-22-40(57)39(41(58)23-35)27-73(70-49(77)47(68-51(79)82-8)54(5,6)56(62,63)64)28-44(75)43(66-48(76)46(67-50(78)81-7)53(3,4)55(59,60)61)21-33-12-9-32(10-13-33)11-14-34-15-18-45(65-24-34)71-25-36-16-17-37(26-71)74(36)38-29-83-30-38/h9-10,12-13,15,18-20,22-24,36-38,43-44,46-47,75,80H,16-17,21,25-31H2,1-8H3,(H,66,76)(H,67,78)(H,68,79)(H,70,77)/t36?,37?,43-,44-,46+,47+/m0/s1. The minimum atomic E-state index is -5.20. The van der Waals surface area contributed by atoms with Gasteiger partial charge >= 0.3 is 24.5 Å². The van der Waals surface area contributed by atoms with E-state index >= 15 is 8.78 Å². The summed E-state index contributed by atoms with van der Waals surface area (Å²) in [5.74, 6) is 1.21. The zero-order valence-electron chi connectivity index (χ0n) is 46.9. The predicted molar refractivity (Wildman–Crippen MR) is 285 cm³/mol. The van der Waals surface area contributed by atoms with E-state index < -0.39 is 114 Å². The summed E-state index contributed by atoms with van der Waals surface area (Å²) in [6.07, 6.45) is -10.5. The van der Waals surface area contributed by atoms with Gasteiger partial charge in [-0.1, -0.05) is 24.0 Å². The zero-order valence-corrected chi connectivity index (χ0v) is 46.9. The number of aromatic nitrogens is 3. The van der Waals surface area contributed by atoms with Crippen molar-refractivity contribution in [2.75, 3.05) is 52.0 Å². The number of carbonyl (C=O) groups excluding carboxylic acids is 4. The monoisotopic (exact) mass is 1180 g/mol. The molecule has 4 amide bonds. The second kappa shape index (κ2) is 25.4. The number of benzene rings is 2. The van der Waals surface area contributed by atoms with Crippen LogP contribution in [0.5, 0.6) is 0 Å². The number of hydrazine groups is 1. The summed E-state index contributed by atoms with van der Waals surface area (Å²) in [4.78, 5) is 62.7. The number of aliphatic hydroxyl groups is 2. The molecular weight excluding hydrogens is 1110 g/mol. The summed E-state index contributed by atoms with van der Waals surface area (Å²) >= 11 is 0. The van der Waals surface area contributed by atoms with Crippen LogP contribution in [0.3, 0.4) is 0 Å². The van der Waals surface area contributed by atoms with Gasteiger partial charge in [0.05, 0.1) is 74.3 Å². The van der Waals surface area contributed by atoms with Gasteiger partial charge in [0.1, 0.15) is 29.5 Å². The highest BCUT2D eigenvalue weighted by molar-refractivity contribution is 5.87. The molecule has 3 fully saturated rings. The van der Waals surface area contributed by atoms with E-state index in [1.54, 1.807) is 18.3 Å². The maximum absolute atomic E-state index is 16.3. The molecule has 19 nitrogen and oxygen atoms in total. The van der Waals surface area contributed by atoms with Crippen molar-refractivity contribution in [1.29, 1.82) is 0 Å². The SMILES string of the molecule is COC(=O)N[C@H](C(=O)N[C@@H](Cc1ccc(C#Cc2ccc(N3CC4CCC(C3)N4C3COC3)nc2)cc1)[C@@H](O)CN(Cc1c(F)cc(-c2ccn(CC(C)(C)O)n2)cc1F)NC(=O)[C@@H](NC(=O)OC)C(C)(C)C(F)(F)F)C(C)(C)C(F)(F)F. The number of piperazine rings is 1. The molecule has 0 radical (unpaired) electrons. The summed E-state index contributed by atoms with van der Waals surface area (Å²) in [6.45, 7) is 6.48. The van der Waals surface area contributed by atoms with E-state index in [4.69, 9.17) is 4.74 Å². The first-order valence-electron chi connectivity index (χ1n) is 26.6. The van der Waals surface area contributed by atoms with Gasteiger partial charge in [-0.15, -0.1) is 0 Å². The number of carbonyl (C=O) groups is 4. The number of amides is 4. The van der Waals surface area contributed by atoms with Crippen LogP contribution in [0, 0.1) is 34.3 Å². The number of pyridine rings is 1. The first kappa shape index (κ1) is 63.5. The smallest absolute Gasteiger partial charge is 0.407 e. The summed E-state index contributed by atoms with van der Waals surface area (Å²) in [5, 5.41) is 33.3. The molecule has 7 rings (SSSR count). The number of fused-ring (bicyclic) bond motifs is 2. The van der Waals surface area contributed by atoms with E-state index in [1.165, 1.54) is 42.9 Å². The van der Waals surface area contributed by atoms with Crippen molar-refractivity contribution in [3.05, 3.63) is 101 Å². The van der Waals surface area contributed by atoms with Gasteiger partial charge < -0.3 is 45.3 Å². The lowest BCUT2D eigenvalue weighted by atomic mass is 9.82. The predicted octanol–water partition coefficient (Wildman–Crippen LogP) is 5.99. The topological polar surface area (TPSA) is 225 Å². The number of hydrogen-bond donors (Lipinski definition) is 6. The minimum Gasteiger partial charge on any atom is -0.453 e. The van der Waals surface area contributed by atoms with Crippen LogP contribution in [0.2, 0.25) is 0 Å². The van der Waals surface area contributed by atoms with Gasteiger partial charge in [0.15, 0.2) is 0 Å². The van der Waals surface area contributed by atoms with Crippen LogP contribution in [0.4, 0.5) is 50.5 Å². The minimum absolute atomic E-state index is 0.00145. The molecule has 0 saturated carbocycles. The van der Waals surface area contributed by atoms with Crippen molar-refractivity contribution in [3.8, 4) is 23.1 Å². The second-order valence-corrected chi connectivity index (χ2v) is 22.7. The molecule has 2 aromatic carbocycles. The fourth-order valence-electron chi connectivity index (χ4n) is 10.1. The number of alkyl carbamates (subject to hydrolysis) is 2. The van der Waals surface area contributed by atoms with E-state index in [0.29, 0.717) is 67.5 Å². The van der Waals surface area contributed by atoms with Crippen molar-refractivity contribution in [3.63, 3.8) is 0 Å². The fraction of sp³-hybridized carbons (Fsp3) is 0.536. The van der Waals surface area contributed by atoms with Crippen LogP contribution in [-0.2, 0) is 43.3 Å². The van der Waals surface area contributed by atoms with Crippen molar-refractivity contribution >= 4 is 29.8 Å². The van der Waals surface area contributed by atoms with Crippen molar-refractivity contribution < 1.29 is 78.7 Å². The Morgan fingerprint density at radius 2 is 1.31 bits per heavy atom. The molecule has 4 aromatic rings. The Balaban J connectivity index is 1.18. The van der Waals surface area contributed by atoms with Crippen molar-refractivity contribution in [2.24, 2.45) is 10.8 Å². The lowest BCUT2D eigenvalue weighted by Gasteiger charge is -2.47. The van der Waals surface area contributed by atoms with E-state index in [-0.39, 0.29) is 17.8 Å². The maximum Gasteiger partial charge on any atom is 0.407 e. The molecule has 2 aromatic heterocycles. The molecule has 27 heteroatoms. The summed E-state index contributed by atoms with van der Waals surface area (Å²) in [7, 11) is 1.65. The van der Waals surface area contributed by atoms with E-state index in [2.05, 4.69) is 51.9 Å². The molecule has 2 bridgehead atoms. The third-order valence-corrected chi connectivity index (χ3v) is 15.2. The largest absolute Gasteiger partial charge is 0.453 e. The lowest BCUT2D eigenvalue weighted by molar-refractivity contribution is -0.221. The van der Waals surface area contributed by atoms with Gasteiger partial charge in [0.25, 0.3) is 5.91 Å². The summed E-state index contributed by atoms with van der Waals surface area (Å²) < 4.78 is 136. The molecule has 3 saturated heterocycles. The molecule has 6 N–H and O–H groups in total. The normalized spacial score (nSPS) is 18.5. The van der Waals surface area contributed by atoms with Crippen LogP contribution < -0.4 is 26.3 Å². The second-order valence-electron chi connectivity index (χ2n) is 22.7. The first-order valence-corrected chi connectivity index (χ1v) is 26.6. The Labute approximate surface area is 474 Å². The van der Waals surface area contributed by atoms with Gasteiger partial charge in [-0.2, -0.15) is 31.4 Å². The molecule has 6 atom stereocenters. The number of methoxy groups -OCH3 is 2. The van der Waals surface area contributed by atoms with E-state index in [9.17, 15) is 55.7 Å². The van der Waals surface area contributed by atoms with Gasteiger partial charge in [0.2, 0.25) is 5.91 Å². The number of rotatable bonds is 20. The maximum atomic E-state index is 16.3. The fourth-order valence-corrected chi connectivity index (χ4v) is 10.1. The molecule has 83 heavy (non-hydrogen) atoms. The highest BCUT2D eigenvalue weighted by atomic mass is 19.4. The molecule has 3 aliphatic heterocycles. The average molecular weight is 1180 g/mol. The number of aliphatic hydroxyl groups excluding tert-OH is 1. The van der Waals surface area contributed by atoms with Crippen LogP contribution >= 0.6 is 0 Å². The highest BCUT2D eigenvalue weighted by Gasteiger charge is 2.57. The number of alkyl halides is 6.